The molecule has 0 bridgehead atoms. The number of aromatic nitrogens is 3. The summed E-state index contributed by atoms with van der Waals surface area (Å²) in [7, 11) is 0. The number of hydrogen-bond acceptors (Lipinski definition) is 4. The van der Waals surface area contributed by atoms with Crippen LogP contribution < -0.4 is 11.1 Å². The molecule has 0 saturated carbocycles. The number of carbonyl (C=O) groups is 1. The van der Waals surface area contributed by atoms with Gasteiger partial charge in [-0.1, -0.05) is 13.3 Å². The molecule has 84 valence electrons. The monoisotopic (exact) mass is 211 g/mol. The Morgan fingerprint density at radius 2 is 2.47 bits per heavy atom. The third-order valence-electron chi connectivity index (χ3n) is 2.06. The van der Waals surface area contributed by atoms with E-state index in [0.717, 1.165) is 12.8 Å². The van der Waals surface area contributed by atoms with Crippen LogP contribution in [0.2, 0.25) is 0 Å². The van der Waals surface area contributed by atoms with E-state index in [0.29, 0.717) is 6.54 Å². The molecule has 1 unspecified atom stereocenters. The van der Waals surface area contributed by atoms with E-state index in [1.807, 2.05) is 0 Å². The summed E-state index contributed by atoms with van der Waals surface area (Å²) in [4.78, 5) is 15.3. The molecular weight excluding hydrogens is 194 g/mol. The molecule has 0 aliphatic heterocycles. The van der Waals surface area contributed by atoms with Crippen molar-refractivity contribution in [2.45, 2.75) is 32.4 Å². The minimum atomic E-state index is -0.0793. The largest absolute Gasteiger partial charge is 0.350 e. The first kappa shape index (κ1) is 11.6. The molecule has 1 heterocycles. The van der Waals surface area contributed by atoms with E-state index in [9.17, 15) is 4.79 Å². The van der Waals surface area contributed by atoms with Gasteiger partial charge in [-0.3, -0.25) is 4.79 Å². The smallest absolute Gasteiger partial charge is 0.242 e. The Kier molecular flexibility index (Phi) is 4.76. The molecule has 0 spiro atoms. The predicted molar refractivity (Wildman–Crippen MR) is 55.9 cm³/mol. The van der Waals surface area contributed by atoms with Crippen molar-refractivity contribution in [1.82, 2.24) is 20.1 Å². The molecule has 0 fully saturated rings. The van der Waals surface area contributed by atoms with Crippen LogP contribution in [0, 0.1) is 0 Å². The zero-order valence-corrected chi connectivity index (χ0v) is 8.89. The number of rotatable bonds is 6. The Bertz CT molecular complexity index is 285. The maximum absolute atomic E-state index is 11.5. The highest BCUT2D eigenvalue weighted by Gasteiger charge is 2.09. The summed E-state index contributed by atoms with van der Waals surface area (Å²) in [5.41, 5.74) is 5.53. The van der Waals surface area contributed by atoms with Crippen molar-refractivity contribution >= 4 is 5.91 Å². The van der Waals surface area contributed by atoms with E-state index in [1.54, 1.807) is 0 Å². The number of nitrogens with zero attached hydrogens (tertiary/aromatic N) is 3. The van der Waals surface area contributed by atoms with Crippen molar-refractivity contribution in [3.05, 3.63) is 12.7 Å². The van der Waals surface area contributed by atoms with Crippen LogP contribution in [-0.2, 0) is 11.3 Å². The SMILES string of the molecule is CCCC(CN)NC(=O)Cn1cncn1. The summed E-state index contributed by atoms with van der Waals surface area (Å²) in [6.07, 6.45) is 4.82. The van der Waals surface area contributed by atoms with Gasteiger partial charge in [0, 0.05) is 12.6 Å². The first-order valence-electron chi connectivity index (χ1n) is 5.08. The number of hydrogen-bond donors (Lipinski definition) is 2. The molecule has 1 rings (SSSR count). The van der Waals surface area contributed by atoms with E-state index in [1.165, 1.54) is 17.3 Å². The molecule has 0 aromatic carbocycles. The van der Waals surface area contributed by atoms with Crippen molar-refractivity contribution in [1.29, 1.82) is 0 Å². The van der Waals surface area contributed by atoms with Crippen molar-refractivity contribution in [2.75, 3.05) is 6.54 Å². The average molecular weight is 211 g/mol. The van der Waals surface area contributed by atoms with Gasteiger partial charge in [0.25, 0.3) is 0 Å². The molecule has 15 heavy (non-hydrogen) atoms. The molecule has 3 N–H and O–H groups in total. The lowest BCUT2D eigenvalue weighted by Gasteiger charge is -2.15. The van der Waals surface area contributed by atoms with Crippen molar-refractivity contribution in [3.63, 3.8) is 0 Å². The fourth-order valence-electron chi connectivity index (χ4n) is 1.33. The van der Waals surface area contributed by atoms with Crippen molar-refractivity contribution in [2.24, 2.45) is 5.73 Å². The van der Waals surface area contributed by atoms with Gasteiger partial charge >= 0.3 is 0 Å². The lowest BCUT2D eigenvalue weighted by atomic mass is 10.1. The Morgan fingerprint density at radius 1 is 1.67 bits per heavy atom. The van der Waals surface area contributed by atoms with Gasteiger partial charge in [-0.05, 0) is 6.42 Å². The zero-order chi connectivity index (χ0) is 11.1. The summed E-state index contributed by atoms with van der Waals surface area (Å²) >= 11 is 0. The minimum absolute atomic E-state index is 0.0611. The maximum Gasteiger partial charge on any atom is 0.242 e. The molecule has 0 aliphatic carbocycles. The van der Waals surface area contributed by atoms with Crippen LogP contribution >= 0.6 is 0 Å². The second-order valence-corrected chi connectivity index (χ2v) is 3.38. The Labute approximate surface area is 88.9 Å². The van der Waals surface area contributed by atoms with E-state index in [4.69, 9.17) is 5.73 Å². The quantitative estimate of drug-likeness (QED) is 0.665. The van der Waals surface area contributed by atoms with E-state index in [-0.39, 0.29) is 18.5 Å². The molecule has 1 atom stereocenters. The van der Waals surface area contributed by atoms with Crippen LogP contribution in [0.25, 0.3) is 0 Å². The maximum atomic E-state index is 11.5. The Balaban J connectivity index is 2.34. The van der Waals surface area contributed by atoms with Gasteiger partial charge in [-0.2, -0.15) is 5.10 Å². The topological polar surface area (TPSA) is 85.8 Å². The van der Waals surface area contributed by atoms with Crippen LogP contribution in [0.5, 0.6) is 0 Å². The summed E-state index contributed by atoms with van der Waals surface area (Å²) in [5, 5.41) is 6.70. The van der Waals surface area contributed by atoms with Crippen LogP contribution in [-0.4, -0.2) is 33.3 Å². The fourth-order valence-corrected chi connectivity index (χ4v) is 1.33. The first-order valence-corrected chi connectivity index (χ1v) is 5.08. The molecule has 1 aromatic rings. The molecule has 6 heteroatoms. The third-order valence-corrected chi connectivity index (χ3v) is 2.06. The number of nitrogens with one attached hydrogen (secondary N) is 1. The fraction of sp³-hybridized carbons (Fsp3) is 0.667. The lowest BCUT2D eigenvalue weighted by Crippen LogP contribution is -2.41. The molecule has 0 aliphatic rings. The van der Waals surface area contributed by atoms with Gasteiger partial charge in [0.2, 0.25) is 5.91 Å². The van der Waals surface area contributed by atoms with Gasteiger partial charge in [0.1, 0.15) is 19.2 Å². The number of amides is 1. The standard InChI is InChI=1S/C9H17N5O/c1-2-3-8(4-10)13-9(15)5-14-7-11-6-12-14/h6-8H,2-5,10H2,1H3,(H,13,15). The second kappa shape index (κ2) is 6.13. The van der Waals surface area contributed by atoms with Gasteiger partial charge in [0.05, 0.1) is 0 Å². The second-order valence-electron chi connectivity index (χ2n) is 3.38. The van der Waals surface area contributed by atoms with Gasteiger partial charge < -0.3 is 11.1 Å². The highest BCUT2D eigenvalue weighted by Crippen LogP contribution is 1.94. The minimum Gasteiger partial charge on any atom is -0.350 e. The van der Waals surface area contributed by atoms with Crippen LogP contribution in [0.4, 0.5) is 0 Å². The summed E-state index contributed by atoms with van der Waals surface area (Å²) < 4.78 is 1.48. The highest BCUT2D eigenvalue weighted by atomic mass is 16.2. The molecule has 0 saturated heterocycles. The van der Waals surface area contributed by atoms with Crippen molar-refractivity contribution in [3.8, 4) is 0 Å². The van der Waals surface area contributed by atoms with Gasteiger partial charge in [-0.15, -0.1) is 0 Å². The Morgan fingerprint density at radius 3 is 3.00 bits per heavy atom. The first-order chi connectivity index (χ1) is 7.26. The van der Waals surface area contributed by atoms with Crippen LogP contribution in [0.15, 0.2) is 12.7 Å². The lowest BCUT2D eigenvalue weighted by molar-refractivity contribution is -0.122. The van der Waals surface area contributed by atoms with E-state index < -0.39 is 0 Å². The summed E-state index contributed by atoms with van der Waals surface area (Å²) in [6.45, 7) is 2.73. The number of carbonyl (C=O) groups excluding carboxylic acids is 1. The Hall–Kier alpha value is -1.43. The molecule has 6 nitrogen and oxygen atoms in total. The van der Waals surface area contributed by atoms with Gasteiger partial charge in [0.15, 0.2) is 0 Å². The predicted octanol–water partition coefficient (Wildman–Crippen LogP) is -0.478. The van der Waals surface area contributed by atoms with E-state index in [2.05, 4.69) is 22.3 Å². The van der Waals surface area contributed by atoms with Gasteiger partial charge in [-0.25, -0.2) is 9.67 Å². The third kappa shape index (κ3) is 4.07. The van der Waals surface area contributed by atoms with E-state index >= 15 is 0 Å². The van der Waals surface area contributed by atoms with Crippen LogP contribution in [0.3, 0.4) is 0 Å². The van der Waals surface area contributed by atoms with Crippen molar-refractivity contribution < 1.29 is 4.79 Å². The molecule has 1 aromatic heterocycles. The highest BCUT2D eigenvalue weighted by molar-refractivity contribution is 5.75. The molecule has 1 amide bonds. The summed E-state index contributed by atoms with van der Waals surface area (Å²) in [5.74, 6) is -0.0793. The molecular formula is C9H17N5O. The average Bonchev–Trinajstić information content (AvgIpc) is 2.69. The normalized spacial score (nSPS) is 12.4. The van der Waals surface area contributed by atoms with Crippen LogP contribution in [0.1, 0.15) is 19.8 Å². The molecule has 0 radical (unpaired) electrons. The summed E-state index contributed by atoms with van der Waals surface area (Å²) in [6, 6.07) is 0.0611. The zero-order valence-electron chi connectivity index (χ0n) is 8.89. The number of nitrogens with two attached hydrogens (primary N) is 1.